The van der Waals surface area contributed by atoms with Crippen LogP contribution < -0.4 is 5.32 Å². The smallest absolute Gasteiger partial charge is 0.406 e. The second-order valence-corrected chi connectivity index (χ2v) is 5.99. The van der Waals surface area contributed by atoms with Crippen molar-refractivity contribution in [3.63, 3.8) is 0 Å². The number of carboxylic acids is 1. The summed E-state index contributed by atoms with van der Waals surface area (Å²) in [5.41, 5.74) is -2.84. The fourth-order valence-corrected chi connectivity index (χ4v) is 2.85. The van der Waals surface area contributed by atoms with Crippen molar-refractivity contribution < 1.29 is 27.9 Å². The summed E-state index contributed by atoms with van der Waals surface area (Å²) in [7, 11) is 0. The number of carbonyl (C=O) groups excluding carboxylic acids is 1. The van der Waals surface area contributed by atoms with Crippen LogP contribution in [0, 0.1) is 11.3 Å². The molecule has 21 heavy (non-hydrogen) atoms. The number of amides is 2. The molecule has 2 amide bonds. The molecule has 0 radical (unpaired) electrons. The first-order chi connectivity index (χ1) is 9.67. The normalized spacial score (nSPS) is 28.1. The summed E-state index contributed by atoms with van der Waals surface area (Å²) < 4.78 is 39.1. The SMILES string of the molecule is CC(NC(=O)N1CCC(C(=O)O)(C(F)(F)F)C1)C1CCC1. The van der Waals surface area contributed by atoms with E-state index in [0.29, 0.717) is 5.92 Å². The van der Waals surface area contributed by atoms with Crippen LogP contribution in [0.4, 0.5) is 18.0 Å². The maximum absolute atomic E-state index is 13.0. The van der Waals surface area contributed by atoms with Crippen LogP contribution in [-0.2, 0) is 4.79 Å². The summed E-state index contributed by atoms with van der Waals surface area (Å²) in [6, 6.07) is -0.710. The van der Waals surface area contributed by atoms with E-state index in [1.54, 1.807) is 0 Å². The van der Waals surface area contributed by atoms with Gasteiger partial charge in [0, 0.05) is 19.1 Å². The Morgan fingerprint density at radius 3 is 2.38 bits per heavy atom. The minimum atomic E-state index is -4.87. The molecule has 2 fully saturated rings. The van der Waals surface area contributed by atoms with Gasteiger partial charge >= 0.3 is 18.2 Å². The van der Waals surface area contributed by atoms with Gasteiger partial charge in [0.25, 0.3) is 0 Å². The molecule has 2 atom stereocenters. The van der Waals surface area contributed by atoms with E-state index < -0.39 is 36.6 Å². The third-order valence-corrected chi connectivity index (χ3v) is 4.72. The van der Waals surface area contributed by atoms with Gasteiger partial charge in [-0.2, -0.15) is 13.2 Å². The number of carboxylic acid groups (broad SMARTS) is 1. The van der Waals surface area contributed by atoms with Gasteiger partial charge in [-0.15, -0.1) is 0 Å². The van der Waals surface area contributed by atoms with Crippen molar-refractivity contribution in [1.29, 1.82) is 0 Å². The zero-order valence-corrected chi connectivity index (χ0v) is 11.7. The van der Waals surface area contributed by atoms with Gasteiger partial charge in [0.2, 0.25) is 0 Å². The predicted molar refractivity (Wildman–Crippen MR) is 67.6 cm³/mol. The number of rotatable bonds is 3. The quantitative estimate of drug-likeness (QED) is 0.840. The molecule has 1 heterocycles. The molecule has 1 saturated heterocycles. The first-order valence-electron chi connectivity index (χ1n) is 7.03. The number of hydrogen-bond donors (Lipinski definition) is 2. The van der Waals surface area contributed by atoms with Crippen molar-refractivity contribution >= 4 is 12.0 Å². The molecule has 0 aromatic carbocycles. The standard InChI is InChI=1S/C13H19F3N2O3/c1-8(9-3-2-4-9)17-11(21)18-6-5-12(7-18,10(19)20)13(14,15)16/h8-9H,2-7H2,1H3,(H,17,21)(H,19,20). The summed E-state index contributed by atoms with van der Waals surface area (Å²) in [5, 5.41) is 11.6. The van der Waals surface area contributed by atoms with Crippen LogP contribution in [0.2, 0.25) is 0 Å². The molecule has 0 aromatic rings. The van der Waals surface area contributed by atoms with Gasteiger partial charge in [-0.3, -0.25) is 4.79 Å². The summed E-state index contributed by atoms with van der Waals surface area (Å²) >= 11 is 0. The molecule has 120 valence electrons. The number of carbonyl (C=O) groups is 2. The summed E-state index contributed by atoms with van der Waals surface area (Å²) in [6.45, 7) is 0.802. The van der Waals surface area contributed by atoms with E-state index in [4.69, 9.17) is 5.11 Å². The third-order valence-electron chi connectivity index (χ3n) is 4.72. The van der Waals surface area contributed by atoms with Crippen LogP contribution in [0.5, 0.6) is 0 Å². The Bertz CT molecular complexity index is 437. The highest BCUT2D eigenvalue weighted by molar-refractivity contribution is 5.80. The number of halogens is 3. The lowest BCUT2D eigenvalue weighted by atomic mass is 9.80. The van der Waals surface area contributed by atoms with Gasteiger partial charge < -0.3 is 15.3 Å². The zero-order chi connectivity index (χ0) is 15.8. The van der Waals surface area contributed by atoms with E-state index in [-0.39, 0.29) is 12.6 Å². The van der Waals surface area contributed by atoms with Gasteiger partial charge in [-0.25, -0.2) is 4.79 Å². The number of likely N-dealkylation sites (tertiary alicyclic amines) is 1. The number of hydrogen-bond acceptors (Lipinski definition) is 2. The minimum absolute atomic E-state index is 0.100. The average molecular weight is 308 g/mol. The molecular weight excluding hydrogens is 289 g/mol. The molecule has 0 bridgehead atoms. The predicted octanol–water partition coefficient (Wildman–Crippen LogP) is 2.22. The molecule has 2 unspecified atom stereocenters. The van der Waals surface area contributed by atoms with Crippen LogP contribution in [0.1, 0.15) is 32.6 Å². The van der Waals surface area contributed by atoms with Crippen molar-refractivity contribution in [2.75, 3.05) is 13.1 Å². The topological polar surface area (TPSA) is 69.6 Å². The number of aliphatic carboxylic acids is 1. The lowest BCUT2D eigenvalue weighted by Gasteiger charge is -2.33. The van der Waals surface area contributed by atoms with Crippen molar-refractivity contribution in [2.24, 2.45) is 11.3 Å². The van der Waals surface area contributed by atoms with Gasteiger partial charge in [-0.1, -0.05) is 6.42 Å². The fraction of sp³-hybridized carbons (Fsp3) is 0.846. The van der Waals surface area contributed by atoms with E-state index in [2.05, 4.69) is 5.32 Å². The van der Waals surface area contributed by atoms with E-state index in [1.807, 2.05) is 6.92 Å². The molecule has 1 aliphatic carbocycles. The molecule has 1 aliphatic heterocycles. The lowest BCUT2D eigenvalue weighted by Crippen LogP contribution is -2.51. The monoisotopic (exact) mass is 308 g/mol. The van der Waals surface area contributed by atoms with Crippen molar-refractivity contribution in [3.05, 3.63) is 0 Å². The second-order valence-electron chi connectivity index (χ2n) is 5.99. The lowest BCUT2D eigenvalue weighted by molar-refractivity contribution is -0.226. The van der Waals surface area contributed by atoms with E-state index >= 15 is 0 Å². The molecule has 2 rings (SSSR count). The van der Waals surface area contributed by atoms with Crippen LogP contribution in [0.15, 0.2) is 0 Å². The van der Waals surface area contributed by atoms with Gasteiger partial charge in [0.05, 0.1) is 0 Å². The Morgan fingerprint density at radius 2 is 2.00 bits per heavy atom. The maximum Gasteiger partial charge on any atom is 0.406 e. The molecule has 8 heteroatoms. The molecule has 2 N–H and O–H groups in total. The Morgan fingerprint density at radius 1 is 1.38 bits per heavy atom. The first kappa shape index (κ1) is 15.9. The molecule has 0 spiro atoms. The Hall–Kier alpha value is -1.47. The number of nitrogens with zero attached hydrogens (tertiary/aromatic N) is 1. The first-order valence-corrected chi connectivity index (χ1v) is 7.03. The number of alkyl halides is 3. The molecule has 2 aliphatic rings. The Kier molecular flexibility index (Phi) is 4.08. The second kappa shape index (κ2) is 5.38. The van der Waals surface area contributed by atoms with Crippen molar-refractivity contribution in [1.82, 2.24) is 10.2 Å². The van der Waals surface area contributed by atoms with Gasteiger partial charge in [-0.05, 0) is 32.1 Å². The van der Waals surface area contributed by atoms with Gasteiger partial charge in [0.15, 0.2) is 5.41 Å². The van der Waals surface area contributed by atoms with E-state index in [0.717, 1.165) is 24.2 Å². The Labute approximate surface area is 120 Å². The highest BCUT2D eigenvalue weighted by Gasteiger charge is 2.64. The van der Waals surface area contributed by atoms with Crippen LogP contribution in [0.25, 0.3) is 0 Å². The van der Waals surface area contributed by atoms with Crippen molar-refractivity contribution in [3.8, 4) is 0 Å². The van der Waals surface area contributed by atoms with E-state index in [1.165, 1.54) is 0 Å². The largest absolute Gasteiger partial charge is 0.481 e. The summed E-state index contributed by atoms with van der Waals surface area (Å²) in [4.78, 5) is 24.0. The minimum Gasteiger partial charge on any atom is -0.481 e. The van der Waals surface area contributed by atoms with Crippen LogP contribution in [-0.4, -0.2) is 47.3 Å². The maximum atomic E-state index is 13.0. The molecular formula is C13H19F3N2O3. The summed E-state index contributed by atoms with van der Waals surface area (Å²) in [5.74, 6) is -1.55. The van der Waals surface area contributed by atoms with Crippen LogP contribution >= 0.6 is 0 Å². The highest BCUT2D eigenvalue weighted by Crippen LogP contribution is 2.45. The molecule has 0 aromatic heterocycles. The van der Waals surface area contributed by atoms with Crippen LogP contribution in [0.3, 0.4) is 0 Å². The molecule has 1 saturated carbocycles. The third kappa shape index (κ3) is 2.80. The van der Waals surface area contributed by atoms with E-state index in [9.17, 15) is 22.8 Å². The van der Waals surface area contributed by atoms with Gasteiger partial charge in [0.1, 0.15) is 0 Å². The average Bonchev–Trinajstić information content (AvgIpc) is 2.71. The number of urea groups is 1. The zero-order valence-electron chi connectivity index (χ0n) is 11.7. The number of nitrogens with one attached hydrogen (secondary N) is 1. The summed E-state index contributed by atoms with van der Waals surface area (Å²) in [6.07, 6.45) is -2.36. The highest BCUT2D eigenvalue weighted by atomic mass is 19.4. The van der Waals surface area contributed by atoms with Crippen molar-refractivity contribution in [2.45, 2.75) is 44.8 Å². The Balaban J connectivity index is 2.00. The fourth-order valence-electron chi connectivity index (χ4n) is 2.85. The molecule has 5 nitrogen and oxygen atoms in total.